The van der Waals surface area contributed by atoms with Gasteiger partial charge in [-0.15, -0.1) is 0 Å². The zero-order valence-electron chi connectivity index (χ0n) is 20.8. The Balaban J connectivity index is 1.36. The molecule has 1 atom stereocenters. The molecule has 2 aliphatic heterocycles. The number of amides is 3. The van der Waals surface area contributed by atoms with Crippen molar-refractivity contribution < 1.29 is 19.1 Å². The van der Waals surface area contributed by atoms with Gasteiger partial charge in [-0.2, -0.15) is 0 Å². The second kappa shape index (κ2) is 10.5. The standard InChI is InChI=1S/C29H30N4O4/c1-21-7-5-6-10-24(21)28(36)32-17-13-29(14-18-32)33(27(35)23-8-3-2-4-9-23)25(20-37-29)26(34)31-19-22-11-15-30-16-12-22/h2-12,15-16,25H,13-14,17-20H2,1H3,(H,31,34)/t25-/m1/s1. The molecule has 1 spiro atoms. The van der Waals surface area contributed by atoms with Crippen molar-refractivity contribution in [2.75, 3.05) is 19.7 Å². The number of rotatable bonds is 5. The van der Waals surface area contributed by atoms with E-state index >= 15 is 0 Å². The maximum atomic E-state index is 13.8. The van der Waals surface area contributed by atoms with E-state index in [0.717, 1.165) is 11.1 Å². The minimum absolute atomic E-state index is 0.0291. The molecule has 1 aromatic heterocycles. The lowest BCUT2D eigenvalue weighted by Gasteiger charge is -2.44. The van der Waals surface area contributed by atoms with Gasteiger partial charge in [-0.05, 0) is 48.4 Å². The molecule has 2 aromatic carbocycles. The van der Waals surface area contributed by atoms with Gasteiger partial charge < -0.3 is 15.0 Å². The summed E-state index contributed by atoms with van der Waals surface area (Å²) in [5.74, 6) is -0.546. The van der Waals surface area contributed by atoms with Gasteiger partial charge in [-0.3, -0.25) is 24.3 Å². The number of likely N-dealkylation sites (tertiary alicyclic amines) is 1. The minimum atomic E-state index is -0.950. The first kappa shape index (κ1) is 24.6. The monoisotopic (exact) mass is 498 g/mol. The molecule has 3 heterocycles. The van der Waals surface area contributed by atoms with Crippen molar-refractivity contribution in [3.05, 3.63) is 101 Å². The Labute approximate surface area is 216 Å². The van der Waals surface area contributed by atoms with Gasteiger partial charge in [0.05, 0.1) is 6.61 Å². The molecule has 0 saturated carbocycles. The van der Waals surface area contributed by atoms with Crippen molar-refractivity contribution in [3.63, 3.8) is 0 Å². The summed E-state index contributed by atoms with van der Waals surface area (Å²) in [6.07, 6.45) is 4.20. The van der Waals surface area contributed by atoms with Gasteiger partial charge in [-0.25, -0.2) is 0 Å². The quantitative estimate of drug-likeness (QED) is 0.584. The molecule has 0 radical (unpaired) electrons. The Morgan fingerprint density at radius 2 is 1.62 bits per heavy atom. The predicted octanol–water partition coefficient (Wildman–Crippen LogP) is 3.18. The molecule has 2 aliphatic rings. The summed E-state index contributed by atoms with van der Waals surface area (Å²) in [7, 11) is 0. The van der Waals surface area contributed by atoms with E-state index < -0.39 is 11.8 Å². The van der Waals surface area contributed by atoms with Crippen LogP contribution in [0.1, 0.15) is 44.7 Å². The van der Waals surface area contributed by atoms with E-state index in [1.165, 1.54) is 0 Å². The number of benzene rings is 2. The van der Waals surface area contributed by atoms with Crippen LogP contribution in [0.2, 0.25) is 0 Å². The zero-order valence-corrected chi connectivity index (χ0v) is 20.8. The lowest BCUT2D eigenvalue weighted by atomic mass is 9.95. The van der Waals surface area contributed by atoms with E-state index in [-0.39, 0.29) is 24.3 Å². The summed E-state index contributed by atoms with van der Waals surface area (Å²) >= 11 is 0. The van der Waals surface area contributed by atoms with Crippen LogP contribution < -0.4 is 5.32 Å². The van der Waals surface area contributed by atoms with Gasteiger partial charge in [-0.1, -0.05) is 36.4 Å². The lowest BCUT2D eigenvalue weighted by Crippen LogP contribution is -2.59. The fourth-order valence-corrected chi connectivity index (χ4v) is 5.14. The molecule has 3 amide bonds. The molecule has 2 saturated heterocycles. The molecule has 37 heavy (non-hydrogen) atoms. The smallest absolute Gasteiger partial charge is 0.256 e. The van der Waals surface area contributed by atoms with Crippen molar-refractivity contribution in [2.45, 2.75) is 38.1 Å². The molecule has 5 rings (SSSR count). The Hall–Kier alpha value is -4.04. The Bertz CT molecular complexity index is 1270. The van der Waals surface area contributed by atoms with Crippen LogP contribution in [0, 0.1) is 6.92 Å². The first-order chi connectivity index (χ1) is 18.0. The average Bonchev–Trinajstić information content (AvgIpc) is 3.31. The number of piperidine rings is 1. The number of carbonyl (C=O) groups is 3. The van der Waals surface area contributed by atoms with Crippen LogP contribution in [0.15, 0.2) is 79.1 Å². The highest BCUT2D eigenvalue weighted by atomic mass is 16.5. The number of aromatic nitrogens is 1. The van der Waals surface area contributed by atoms with Gasteiger partial charge in [0.15, 0.2) is 0 Å². The summed E-state index contributed by atoms with van der Waals surface area (Å²) in [4.78, 5) is 47.7. The summed E-state index contributed by atoms with van der Waals surface area (Å²) in [6, 6.07) is 19.4. The van der Waals surface area contributed by atoms with Crippen LogP contribution in [0.25, 0.3) is 0 Å². The van der Waals surface area contributed by atoms with E-state index in [9.17, 15) is 14.4 Å². The number of hydrogen-bond donors (Lipinski definition) is 1. The Kier molecular flexibility index (Phi) is 7.01. The van der Waals surface area contributed by atoms with Crippen molar-refractivity contribution in [1.82, 2.24) is 20.1 Å². The summed E-state index contributed by atoms with van der Waals surface area (Å²) in [5, 5.41) is 2.95. The van der Waals surface area contributed by atoms with Gasteiger partial charge in [0.2, 0.25) is 5.91 Å². The second-order valence-electron chi connectivity index (χ2n) is 9.49. The van der Waals surface area contributed by atoms with E-state index in [2.05, 4.69) is 10.3 Å². The molecule has 8 heteroatoms. The topological polar surface area (TPSA) is 91.8 Å². The van der Waals surface area contributed by atoms with Gasteiger partial charge in [0.25, 0.3) is 11.8 Å². The molecule has 190 valence electrons. The fraction of sp³-hybridized carbons (Fsp3) is 0.310. The Morgan fingerprint density at radius 1 is 0.946 bits per heavy atom. The van der Waals surface area contributed by atoms with Crippen LogP contribution in [0.3, 0.4) is 0 Å². The van der Waals surface area contributed by atoms with Gasteiger partial charge in [0, 0.05) is 56.0 Å². The minimum Gasteiger partial charge on any atom is -0.353 e. The Morgan fingerprint density at radius 3 is 2.32 bits per heavy atom. The van der Waals surface area contributed by atoms with Crippen LogP contribution in [-0.2, 0) is 16.1 Å². The summed E-state index contributed by atoms with van der Waals surface area (Å²) < 4.78 is 6.28. The molecular weight excluding hydrogens is 468 g/mol. The van der Waals surface area contributed by atoms with Crippen molar-refractivity contribution in [2.24, 2.45) is 0 Å². The molecule has 3 aromatic rings. The highest BCUT2D eigenvalue weighted by molar-refractivity contribution is 5.99. The van der Waals surface area contributed by atoms with Crippen molar-refractivity contribution >= 4 is 17.7 Å². The van der Waals surface area contributed by atoms with Crippen molar-refractivity contribution in [3.8, 4) is 0 Å². The third kappa shape index (κ3) is 4.97. The van der Waals surface area contributed by atoms with Crippen LogP contribution in [-0.4, -0.2) is 64.0 Å². The second-order valence-corrected chi connectivity index (χ2v) is 9.49. The van der Waals surface area contributed by atoms with Crippen LogP contribution >= 0.6 is 0 Å². The molecule has 0 aliphatic carbocycles. The molecular formula is C29H30N4O4. The first-order valence-corrected chi connectivity index (χ1v) is 12.5. The number of ether oxygens (including phenoxy) is 1. The van der Waals surface area contributed by atoms with E-state index in [1.54, 1.807) is 46.5 Å². The SMILES string of the molecule is Cc1ccccc1C(=O)N1CCC2(CC1)OC[C@H](C(=O)NCc1ccncc1)N2C(=O)c1ccccc1. The molecule has 2 fully saturated rings. The normalized spacial score (nSPS) is 18.6. The summed E-state index contributed by atoms with van der Waals surface area (Å²) in [6.45, 7) is 3.21. The number of aryl methyl sites for hydroxylation is 1. The van der Waals surface area contributed by atoms with E-state index in [4.69, 9.17) is 4.74 Å². The maximum Gasteiger partial charge on any atom is 0.256 e. The third-order valence-corrected chi connectivity index (χ3v) is 7.23. The maximum absolute atomic E-state index is 13.8. The van der Waals surface area contributed by atoms with Crippen LogP contribution in [0.5, 0.6) is 0 Å². The fourth-order valence-electron chi connectivity index (χ4n) is 5.14. The largest absolute Gasteiger partial charge is 0.353 e. The third-order valence-electron chi connectivity index (χ3n) is 7.23. The average molecular weight is 499 g/mol. The number of pyridine rings is 1. The molecule has 0 bridgehead atoms. The van der Waals surface area contributed by atoms with Crippen molar-refractivity contribution in [1.29, 1.82) is 0 Å². The zero-order chi connectivity index (χ0) is 25.8. The molecule has 1 N–H and O–H groups in total. The van der Waals surface area contributed by atoms with Crippen LogP contribution in [0.4, 0.5) is 0 Å². The number of hydrogen-bond acceptors (Lipinski definition) is 5. The highest BCUT2D eigenvalue weighted by Gasteiger charge is 2.54. The molecule has 0 unspecified atom stereocenters. The van der Waals surface area contributed by atoms with Gasteiger partial charge >= 0.3 is 0 Å². The number of nitrogens with one attached hydrogen (secondary N) is 1. The van der Waals surface area contributed by atoms with Gasteiger partial charge in [0.1, 0.15) is 11.8 Å². The predicted molar refractivity (Wildman–Crippen MR) is 137 cm³/mol. The number of carbonyl (C=O) groups excluding carboxylic acids is 3. The first-order valence-electron chi connectivity index (χ1n) is 12.5. The lowest BCUT2D eigenvalue weighted by molar-refractivity contribution is -0.128. The van der Waals surface area contributed by atoms with E-state index in [0.29, 0.717) is 43.6 Å². The number of nitrogens with zero attached hydrogens (tertiary/aromatic N) is 3. The molecule has 8 nitrogen and oxygen atoms in total. The summed E-state index contributed by atoms with van der Waals surface area (Å²) in [5.41, 5.74) is 2.07. The highest BCUT2D eigenvalue weighted by Crippen LogP contribution is 2.39. The van der Waals surface area contributed by atoms with E-state index in [1.807, 2.05) is 49.4 Å².